The van der Waals surface area contributed by atoms with E-state index in [0.717, 1.165) is 5.56 Å². The number of hydrogen-bond donors (Lipinski definition) is 2. The number of carbonyl (C=O) groups excluding carboxylic acids is 1. The lowest BCUT2D eigenvalue weighted by molar-refractivity contribution is 0.102. The first kappa shape index (κ1) is 18.1. The average Bonchev–Trinajstić information content (AvgIpc) is 3.13. The van der Waals surface area contributed by atoms with Crippen LogP contribution in [0, 0.1) is 0 Å². The van der Waals surface area contributed by atoms with Gasteiger partial charge in [-0.05, 0) is 64.5 Å². The molecule has 0 aliphatic carbocycles. The number of methoxy groups -OCH3 is 1. The third kappa shape index (κ3) is 3.44. The topological polar surface area (TPSA) is 84.6 Å². The maximum Gasteiger partial charge on any atom is 0.259 e. The number of para-hydroxylation sites is 1. The van der Waals surface area contributed by atoms with Crippen molar-refractivity contribution in [1.29, 1.82) is 0 Å². The number of ether oxygens (including phenoxy) is 1. The molecule has 3 aromatic carbocycles. The highest BCUT2D eigenvalue weighted by Gasteiger charge is 2.14. The number of rotatable bonds is 4. The molecule has 0 aliphatic rings. The third-order valence-electron chi connectivity index (χ3n) is 4.19. The van der Waals surface area contributed by atoms with Crippen LogP contribution in [0.5, 0.6) is 11.5 Å². The van der Waals surface area contributed by atoms with Gasteiger partial charge in [-0.1, -0.05) is 12.1 Å². The average molecular weight is 439 g/mol. The molecule has 140 valence electrons. The van der Waals surface area contributed by atoms with E-state index in [1.807, 2.05) is 0 Å². The predicted octanol–water partition coefficient (Wildman–Crippen LogP) is 5.22. The number of benzene rings is 3. The van der Waals surface area contributed by atoms with Crippen molar-refractivity contribution in [3.8, 4) is 23.0 Å². The molecule has 1 amide bonds. The Balaban J connectivity index is 1.63. The van der Waals surface area contributed by atoms with E-state index in [4.69, 9.17) is 9.15 Å². The number of carbonyl (C=O) groups is 1. The van der Waals surface area contributed by atoms with Crippen LogP contribution >= 0.6 is 15.9 Å². The van der Waals surface area contributed by atoms with E-state index in [1.54, 1.807) is 60.7 Å². The highest BCUT2D eigenvalue weighted by molar-refractivity contribution is 9.10. The zero-order valence-corrected chi connectivity index (χ0v) is 16.4. The predicted molar refractivity (Wildman–Crippen MR) is 110 cm³/mol. The first-order valence-corrected chi connectivity index (χ1v) is 9.18. The van der Waals surface area contributed by atoms with Crippen LogP contribution in [-0.2, 0) is 0 Å². The van der Waals surface area contributed by atoms with Crippen molar-refractivity contribution in [2.75, 3.05) is 12.4 Å². The van der Waals surface area contributed by atoms with Crippen molar-refractivity contribution < 1.29 is 19.1 Å². The smallest absolute Gasteiger partial charge is 0.259 e. The molecule has 1 heterocycles. The molecule has 6 nitrogen and oxygen atoms in total. The van der Waals surface area contributed by atoms with Crippen LogP contribution in [-0.4, -0.2) is 23.1 Å². The molecule has 0 aliphatic heterocycles. The van der Waals surface area contributed by atoms with Crippen LogP contribution in [0.25, 0.3) is 22.6 Å². The Hall–Kier alpha value is -3.32. The Kier molecular flexibility index (Phi) is 4.75. The summed E-state index contributed by atoms with van der Waals surface area (Å²) in [5.41, 5.74) is 2.96. The van der Waals surface area contributed by atoms with Crippen molar-refractivity contribution in [3.05, 3.63) is 70.7 Å². The molecule has 28 heavy (non-hydrogen) atoms. The molecule has 0 fully saturated rings. The Morgan fingerprint density at radius 2 is 1.96 bits per heavy atom. The Labute approximate surface area is 168 Å². The van der Waals surface area contributed by atoms with Crippen LogP contribution < -0.4 is 10.1 Å². The zero-order valence-electron chi connectivity index (χ0n) is 14.8. The van der Waals surface area contributed by atoms with E-state index in [0.29, 0.717) is 38.5 Å². The number of oxazole rings is 1. The minimum Gasteiger partial charge on any atom is -0.507 e. The number of nitrogens with one attached hydrogen (secondary N) is 1. The number of phenolic OH excluding ortho intramolecular Hbond substituents is 1. The number of aromatic hydroxyl groups is 1. The summed E-state index contributed by atoms with van der Waals surface area (Å²) in [5, 5.41) is 12.5. The van der Waals surface area contributed by atoms with Gasteiger partial charge >= 0.3 is 0 Å². The molecule has 7 heteroatoms. The van der Waals surface area contributed by atoms with Crippen LogP contribution in [0.2, 0.25) is 0 Å². The van der Waals surface area contributed by atoms with Gasteiger partial charge in [0.25, 0.3) is 5.91 Å². The van der Waals surface area contributed by atoms with Gasteiger partial charge in [0.05, 0.1) is 17.1 Å². The minimum atomic E-state index is -0.275. The molecule has 0 spiro atoms. The molecular weight excluding hydrogens is 424 g/mol. The quantitative estimate of drug-likeness (QED) is 0.455. The summed E-state index contributed by atoms with van der Waals surface area (Å²) in [7, 11) is 1.52. The standard InChI is InChI=1S/C21H15BrN2O4/c1-27-18-5-3-2-4-14(18)20(26)23-13-7-9-19-16(11-13)24-21(28-19)12-6-8-17(25)15(22)10-12/h2-11,25H,1H3,(H,23,26). The summed E-state index contributed by atoms with van der Waals surface area (Å²) in [6.07, 6.45) is 0. The molecule has 4 aromatic rings. The third-order valence-corrected chi connectivity index (χ3v) is 4.83. The lowest BCUT2D eigenvalue weighted by Gasteiger charge is -2.08. The molecule has 0 radical (unpaired) electrons. The summed E-state index contributed by atoms with van der Waals surface area (Å²) >= 11 is 3.28. The van der Waals surface area contributed by atoms with Gasteiger partial charge in [0.15, 0.2) is 5.58 Å². The molecule has 0 saturated heterocycles. The second-order valence-electron chi connectivity index (χ2n) is 6.02. The van der Waals surface area contributed by atoms with Crippen molar-refractivity contribution in [3.63, 3.8) is 0 Å². The molecular formula is C21H15BrN2O4. The Morgan fingerprint density at radius 1 is 1.14 bits per heavy atom. The summed E-state index contributed by atoms with van der Waals surface area (Å²) < 4.78 is 11.6. The maximum absolute atomic E-state index is 12.6. The highest BCUT2D eigenvalue weighted by atomic mass is 79.9. The zero-order chi connectivity index (χ0) is 19.7. The fourth-order valence-electron chi connectivity index (χ4n) is 2.80. The van der Waals surface area contributed by atoms with Crippen LogP contribution in [0.15, 0.2) is 69.6 Å². The fraction of sp³-hybridized carbons (Fsp3) is 0.0476. The van der Waals surface area contributed by atoms with Gasteiger partial charge in [-0.2, -0.15) is 0 Å². The highest BCUT2D eigenvalue weighted by Crippen LogP contribution is 2.31. The number of amides is 1. The maximum atomic E-state index is 12.6. The summed E-state index contributed by atoms with van der Waals surface area (Å²) in [6, 6.07) is 17.3. The summed E-state index contributed by atoms with van der Waals surface area (Å²) in [6.45, 7) is 0. The van der Waals surface area contributed by atoms with Crippen LogP contribution in [0.1, 0.15) is 10.4 Å². The van der Waals surface area contributed by atoms with E-state index in [1.165, 1.54) is 7.11 Å². The van der Waals surface area contributed by atoms with Gasteiger partial charge in [0, 0.05) is 11.3 Å². The van der Waals surface area contributed by atoms with Gasteiger partial charge < -0.3 is 19.6 Å². The molecule has 0 bridgehead atoms. The number of nitrogens with zero attached hydrogens (tertiary/aromatic N) is 1. The van der Waals surface area contributed by atoms with E-state index < -0.39 is 0 Å². The second-order valence-corrected chi connectivity index (χ2v) is 6.88. The molecule has 1 aromatic heterocycles. The largest absolute Gasteiger partial charge is 0.507 e. The summed E-state index contributed by atoms with van der Waals surface area (Å²) in [5.74, 6) is 0.788. The van der Waals surface area contributed by atoms with Gasteiger partial charge in [0.1, 0.15) is 17.0 Å². The first-order valence-electron chi connectivity index (χ1n) is 8.39. The van der Waals surface area contributed by atoms with Crippen molar-refractivity contribution >= 4 is 38.6 Å². The van der Waals surface area contributed by atoms with E-state index in [-0.39, 0.29) is 11.7 Å². The van der Waals surface area contributed by atoms with Crippen molar-refractivity contribution in [2.24, 2.45) is 0 Å². The molecule has 2 N–H and O–H groups in total. The Morgan fingerprint density at radius 3 is 2.75 bits per heavy atom. The first-order chi connectivity index (χ1) is 13.5. The molecule has 4 rings (SSSR count). The number of anilines is 1. The van der Waals surface area contributed by atoms with E-state index in [9.17, 15) is 9.90 Å². The van der Waals surface area contributed by atoms with Gasteiger partial charge in [-0.25, -0.2) is 4.98 Å². The molecule has 0 unspecified atom stereocenters. The fourth-order valence-corrected chi connectivity index (χ4v) is 3.18. The van der Waals surface area contributed by atoms with Gasteiger partial charge in [-0.3, -0.25) is 4.79 Å². The van der Waals surface area contributed by atoms with E-state index >= 15 is 0 Å². The molecule has 0 atom stereocenters. The lowest BCUT2D eigenvalue weighted by Crippen LogP contribution is -2.13. The minimum absolute atomic E-state index is 0.140. The van der Waals surface area contributed by atoms with Crippen LogP contribution in [0.3, 0.4) is 0 Å². The lowest BCUT2D eigenvalue weighted by atomic mass is 10.2. The SMILES string of the molecule is COc1ccccc1C(=O)Nc1ccc2oc(-c3ccc(O)c(Br)c3)nc2c1. The van der Waals surface area contributed by atoms with Gasteiger partial charge in [0.2, 0.25) is 5.89 Å². The second kappa shape index (κ2) is 7.36. The number of aromatic nitrogens is 1. The van der Waals surface area contributed by atoms with Crippen LogP contribution in [0.4, 0.5) is 5.69 Å². The van der Waals surface area contributed by atoms with Crippen molar-refractivity contribution in [2.45, 2.75) is 0 Å². The summed E-state index contributed by atoms with van der Waals surface area (Å²) in [4.78, 5) is 17.0. The van der Waals surface area contributed by atoms with Gasteiger partial charge in [-0.15, -0.1) is 0 Å². The van der Waals surface area contributed by atoms with E-state index in [2.05, 4.69) is 26.2 Å². The normalized spacial score (nSPS) is 10.8. The molecule has 0 saturated carbocycles. The number of hydrogen-bond acceptors (Lipinski definition) is 5. The Bertz CT molecular complexity index is 1190. The van der Waals surface area contributed by atoms with Crippen molar-refractivity contribution in [1.82, 2.24) is 4.98 Å². The number of fused-ring (bicyclic) bond motifs is 1. The monoisotopic (exact) mass is 438 g/mol. The number of phenols is 1. The number of halogens is 1.